The molecule has 0 bridgehead atoms. The SMILES string of the molecule is c1ccc(-n2c3ccccc3c3cc4c5ccccc5n(-c5cc(-c6ccc7ccccc7c6)c6cc7c(cc6n5)C(c5ccccc5)(c5ccccc5)c5ccccc5-7)c4cc32)cc1. The van der Waals surface area contributed by atoms with Crippen molar-refractivity contribution >= 4 is 65.3 Å². The molecule has 14 rings (SSSR count). The lowest BCUT2D eigenvalue weighted by atomic mass is 9.67. The fourth-order valence-electron chi connectivity index (χ4n) is 11.4. The molecular weight excluding hydrogens is 787 g/mol. The van der Waals surface area contributed by atoms with Gasteiger partial charge in [0, 0.05) is 32.6 Å². The summed E-state index contributed by atoms with van der Waals surface area (Å²) in [6.45, 7) is 0. The first-order valence-corrected chi connectivity index (χ1v) is 22.5. The van der Waals surface area contributed by atoms with E-state index in [2.05, 4.69) is 246 Å². The van der Waals surface area contributed by atoms with Gasteiger partial charge in [-0.3, -0.25) is 4.57 Å². The van der Waals surface area contributed by atoms with Crippen LogP contribution in [0, 0.1) is 0 Å². The second-order valence-corrected chi connectivity index (χ2v) is 17.5. The average Bonchev–Trinajstić information content (AvgIpc) is 3.98. The van der Waals surface area contributed by atoms with Gasteiger partial charge in [0.15, 0.2) is 0 Å². The number of nitrogens with zero attached hydrogens (tertiary/aromatic N) is 3. The van der Waals surface area contributed by atoms with Crippen LogP contribution in [-0.4, -0.2) is 14.1 Å². The quantitative estimate of drug-likeness (QED) is 0.169. The molecule has 10 aromatic carbocycles. The van der Waals surface area contributed by atoms with Crippen LogP contribution >= 0.6 is 0 Å². The number of aromatic nitrogens is 3. The van der Waals surface area contributed by atoms with Gasteiger partial charge in [0.05, 0.1) is 33.0 Å². The van der Waals surface area contributed by atoms with Gasteiger partial charge in [0.25, 0.3) is 0 Å². The Morgan fingerprint density at radius 2 is 0.908 bits per heavy atom. The molecule has 0 aliphatic heterocycles. The molecule has 65 heavy (non-hydrogen) atoms. The molecule has 1 aliphatic rings. The topological polar surface area (TPSA) is 22.8 Å². The predicted molar refractivity (Wildman–Crippen MR) is 271 cm³/mol. The third-order valence-corrected chi connectivity index (χ3v) is 14.1. The number of fused-ring (bicyclic) bond motifs is 11. The van der Waals surface area contributed by atoms with E-state index in [9.17, 15) is 0 Å². The summed E-state index contributed by atoms with van der Waals surface area (Å²) in [6, 6.07) is 87.0. The fourth-order valence-corrected chi connectivity index (χ4v) is 11.4. The van der Waals surface area contributed by atoms with Gasteiger partial charge in [-0.2, -0.15) is 0 Å². The summed E-state index contributed by atoms with van der Waals surface area (Å²) in [6.07, 6.45) is 0. The van der Waals surface area contributed by atoms with Crippen molar-refractivity contribution in [3.63, 3.8) is 0 Å². The predicted octanol–water partition coefficient (Wildman–Crippen LogP) is 15.6. The van der Waals surface area contributed by atoms with Crippen molar-refractivity contribution in [1.82, 2.24) is 14.1 Å². The molecule has 1 aliphatic carbocycles. The molecule has 0 radical (unpaired) electrons. The first kappa shape index (κ1) is 36.0. The van der Waals surface area contributed by atoms with E-state index < -0.39 is 5.41 Å². The van der Waals surface area contributed by atoms with Crippen molar-refractivity contribution in [2.45, 2.75) is 5.41 Å². The van der Waals surface area contributed by atoms with Crippen molar-refractivity contribution in [3.8, 4) is 33.8 Å². The maximum Gasteiger partial charge on any atom is 0.138 e. The lowest BCUT2D eigenvalue weighted by Crippen LogP contribution is -2.28. The smallest absolute Gasteiger partial charge is 0.138 e. The van der Waals surface area contributed by atoms with Crippen LogP contribution in [0.25, 0.3) is 99.0 Å². The van der Waals surface area contributed by atoms with Gasteiger partial charge in [-0.05, 0) is 116 Å². The van der Waals surface area contributed by atoms with E-state index in [1.807, 2.05) is 0 Å². The second-order valence-electron chi connectivity index (χ2n) is 17.5. The molecular formula is C62H39N3. The fraction of sp³-hybridized carbons (Fsp3) is 0.0161. The molecule has 3 nitrogen and oxygen atoms in total. The third-order valence-electron chi connectivity index (χ3n) is 14.1. The van der Waals surface area contributed by atoms with Gasteiger partial charge in [0.1, 0.15) is 5.82 Å². The monoisotopic (exact) mass is 825 g/mol. The second kappa shape index (κ2) is 13.7. The van der Waals surface area contributed by atoms with Crippen LogP contribution in [0.15, 0.2) is 237 Å². The minimum absolute atomic E-state index is 0.549. The van der Waals surface area contributed by atoms with Gasteiger partial charge < -0.3 is 4.57 Å². The maximum absolute atomic E-state index is 5.82. The largest absolute Gasteiger partial charge is 0.309 e. The zero-order chi connectivity index (χ0) is 42.6. The number of benzene rings is 10. The van der Waals surface area contributed by atoms with Crippen LogP contribution in [0.2, 0.25) is 0 Å². The Labute approximate surface area is 375 Å². The zero-order valence-electron chi connectivity index (χ0n) is 35.4. The molecule has 302 valence electrons. The Kier molecular flexibility index (Phi) is 7.61. The molecule has 3 heteroatoms. The Bertz CT molecular complexity index is 4010. The first-order valence-electron chi connectivity index (χ1n) is 22.5. The van der Waals surface area contributed by atoms with E-state index in [0.717, 1.165) is 50.1 Å². The summed E-state index contributed by atoms with van der Waals surface area (Å²) in [7, 11) is 0. The molecule has 3 aromatic heterocycles. The molecule has 13 aromatic rings. The van der Waals surface area contributed by atoms with E-state index in [1.165, 1.54) is 71.2 Å². The highest BCUT2D eigenvalue weighted by molar-refractivity contribution is 6.19. The van der Waals surface area contributed by atoms with Crippen molar-refractivity contribution in [2.24, 2.45) is 0 Å². The van der Waals surface area contributed by atoms with Gasteiger partial charge in [-0.1, -0.05) is 176 Å². The number of rotatable bonds is 5. The molecule has 0 atom stereocenters. The average molecular weight is 826 g/mol. The number of para-hydroxylation sites is 3. The summed E-state index contributed by atoms with van der Waals surface area (Å²) in [4.78, 5) is 5.82. The highest BCUT2D eigenvalue weighted by Crippen LogP contribution is 2.57. The van der Waals surface area contributed by atoms with E-state index in [1.54, 1.807) is 0 Å². The maximum atomic E-state index is 5.82. The number of hydrogen-bond donors (Lipinski definition) is 0. The lowest BCUT2D eigenvalue weighted by molar-refractivity contribution is 0.769. The van der Waals surface area contributed by atoms with Crippen LogP contribution < -0.4 is 0 Å². The minimum atomic E-state index is -0.549. The molecule has 0 spiro atoms. The highest BCUT2D eigenvalue weighted by atomic mass is 15.1. The molecule has 0 amide bonds. The van der Waals surface area contributed by atoms with Crippen LogP contribution in [0.5, 0.6) is 0 Å². The zero-order valence-corrected chi connectivity index (χ0v) is 35.4. The molecule has 0 saturated heterocycles. The summed E-state index contributed by atoms with van der Waals surface area (Å²) in [5.41, 5.74) is 16.0. The van der Waals surface area contributed by atoms with Crippen LogP contribution in [0.1, 0.15) is 22.3 Å². The molecule has 0 fully saturated rings. The van der Waals surface area contributed by atoms with E-state index in [0.29, 0.717) is 0 Å². The molecule has 0 saturated carbocycles. The summed E-state index contributed by atoms with van der Waals surface area (Å²) >= 11 is 0. The lowest BCUT2D eigenvalue weighted by Gasteiger charge is -2.34. The van der Waals surface area contributed by atoms with Gasteiger partial charge >= 0.3 is 0 Å². The summed E-state index contributed by atoms with van der Waals surface area (Å²) in [5.74, 6) is 0.883. The summed E-state index contributed by atoms with van der Waals surface area (Å²) < 4.78 is 4.82. The molecule has 0 unspecified atom stereocenters. The van der Waals surface area contributed by atoms with Crippen LogP contribution in [-0.2, 0) is 5.41 Å². The number of hydrogen-bond acceptors (Lipinski definition) is 1. The summed E-state index contributed by atoms with van der Waals surface area (Å²) in [5, 5.41) is 8.44. The third kappa shape index (κ3) is 5.09. The number of pyridine rings is 1. The molecule has 3 heterocycles. The van der Waals surface area contributed by atoms with Gasteiger partial charge in [-0.15, -0.1) is 0 Å². The van der Waals surface area contributed by atoms with Crippen molar-refractivity contribution in [3.05, 3.63) is 259 Å². The van der Waals surface area contributed by atoms with E-state index >= 15 is 0 Å². The Hall–Kier alpha value is -8.53. The van der Waals surface area contributed by atoms with Crippen molar-refractivity contribution in [1.29, 1.82) is 0 Å². The van der Waals surface area contributed by atoms with Crippen LogP contribution in [0.3, 0.4) is 0 Å². The van der Waals surface area contributed by atoms with Gasteiger partial charge in [0.2, 0.25) is 0 Å². The first-order chi connectivity index (χ1) is 32.2. The Balaban J connectivity index is 1.12. The highest BCUT2D eigenvalue weighted by Gasteiger charge is 2.46. The Morgan fingerprint density at radius 1 is 0.323 bits per heavy atom. The minimum Gasteiger partial charge on any atom is -0.309 e. The molecule has 0 N–H and O–H groups in total. The van der Waals surface area contributed by atoms with E-state index in [-0.39, 0.29) is 0 Å². The van der Waals surface area contributed by atoms with Crippen molar-refractivity contribution < 1.29 is 0 Å². The van der Waals surface area contributed by atoms with E-state index in [4.69, 9.17) is 4.98 Å². The Morgan fingerprint density at radius 3 is 1.63 bits per heavy atom. The standard InChI is InChI=1S/C62H39N3/c1-4-20-43(21-5-1)62(44-22-6-2-7-23-44)54-29-15-12-26-46(54)50-35-51-49(42-33-32-40-18-10-11-19-41(40)34-42)37-61(63-56(51)38-55(50)62)65-58-31-17-14-28-48(58)53-36-52-47-27-13-16-30-57(47)64(59(52)39-60(53)65)45-24-8-3-9-25-45/h1-39H. The normalized spacial score (nSPS) is 13.0. The van der Waals surface area contributed by atoms with Crippen molar-refractivity contribution in [2.75, 3.05) is 0 Å². The van der Waals surface area contributed by atoms with Crippen LogP contribution in [0.4, 0.5) is 0 Å². The van der Waals surface area contributed by atoms with Gasteiger partial charge in [-0.25, -0.2) is 4.98 Å².